The maximum absolute atomic E-state index is 5.91. The Morgan fingerprint density at radius 1 is 1.44 bits per heavy atom. The van der Waals surface area contributed by atoms with Crippen LogP contribution in [0.3, 0.4) is 0 Å². The van der Waals surface area contributed by atoms with Crippen molar-refractivity contribution in [1.29, 1.82) is 0 Å². The number of hydrogen-bond acceptors (Lipinski definition) is 5. The highest BCUT2D eigenvalue weighted by Crippen LogP contribution is 2.23. The van der Waals surface area contributed by atoms with Crippen molar-refractivity contribution < 1.29 is 0 Å². The summed E-state index contributed by atoms with van der Waals surface area (Å²) in [6.45, 7) is 0.769. The predicted molar refractivity (Wildman–Crippen MR) is 73.1 cm³/mol. The van der Waals surface area contributed by atoms with Gasteiger partial charge in [-0.15, -0.1) is 0 Å². The molecule has 5 nitrogen and oxygen atoms in total. The molecule has 18 heavy (non-hydrogen) atoms. The lowest BCUT2D eigenvalue weighted by atomic mass is 10.3. The van der Waals surface area contributed by atoms with E-state index in [0.29, 0.717) is 5.65 Å². The first kappa shape index (κ1) is 11.4. The van der Waals surface area contributed by atoms with Crippen molar-refractivity contribution in [3.63, 3.8) is 0 Å². The minimum Gasteiger partial charge on any atom is -0.353 e. The molecule has 0 unspecified atom stereocenters. The van der Waals surface area contributed by atoms with Crippen LogP contribution >= 0.6 is 22.9 Å². The van der Waals surface area contributed by atoms with Crippen LogP contribution in [0.5, 0.6) is 0 Å². The fraction of sp³-hybridized carbons (Fsp3) is 0.182. The number of aromatic nitrogens is 4. The Labute approximate surface area is 112 Å². The van der Waals surface area contributed by atoms with Gasteiger partial charge in [-0.05, 0) is 34.0 Å². The van der Waals surface area contributed by atoms with Crippen LogP contribution in [0.4, 0.5) is 5.82 Å². The molecule has 0 spiro atoms. The molecule has 3 aromatic rings. The van der Waals surface area contributed by atoms with Crippen molar-refractivity contribution in [3.05, 3.63) is 34.0 Å². The molecule has 0 fully saturated rings. The van der Waals surface area contributed by atoms with Crippen LogP contribution in [-0.2, 0) is 6.54 Å². The second-order valence-corrected chi connectivity index (χ2v) is 5.02. The Morgan fingerprint density at radius 3 is 3.11 bits per heavy atom. The summed E-state index contributed by atoms with van der Waals surface area (Å²) < 4.78 is 0. The predicted octanol–water partition coefficient (Wildman–Crippen LogP) is 2.70. The summed E-state index contributed by atoms with van der Waals surface area (Å²) in [5.74, 6) is 0.758. The number of imidazole rings is 1. The van der Waals surface area contributed by atoms with Crippen molar-refractivity contribution in [1.82, 2.24) is 19.9 Å². The van der Waals surface area contributed by atoms with E-state index in [1.807, 2.05) is 11.9 Å². The lowest BCUT2D eigenvalue weighted by molar-refractivity contribution is 0.902. The molecule has 7 heteroatoms. The standard InChI is InChI=1S/C11H10ClN5S/c1-17(4-7-2-3-18-5-7)10-8-9(14-6-13-8)15-11(12)16-10/h2-3,5-6H,4H2,1H3,(H,13,14,15,16). The Hall–Kier alpha value is -1.66. The second-order valence-electron chi connectivity index (χ2n) is 3.91. The lowest BCUT2D eigenvalue weighted by Crippen LogP contribution is -2.18. The molecule has 92 valence electrons. The third kappa shape index (κ3) is 2.04. The van der Waals surface area contributed by atoms with E-state index in [0.717, 1.165) is 17.9 Å². The number of H-pyrrole nitrogens is 1. The van der Waals surface area contributed by atoms with E-state index in [9.17, 15) is 0 Å². The summed E-state index contributed by atoms with van der Waals surface area (Å²) >= 11 is 7.59. The molecule has 0 bridgehead atoms. The molecule has 3 rings (SSSR count). The smallest absolute Gasteiger partial charge is 0.226 e. The van der Waals surface area contributed by atoms with Crippen LogP contribution in [0.25, 0.3) is 11.2 Å². The van der Waals surface area contributed by atoms with Crippen LogP contribution in [0.1, 0.15) is 5.56 Å². The van der Waals surface area contributed by atoms with E-state index in [4.69, 9.17) is 11.6 Å². The fourth-order valence-corrected chi connectivity index (χ4v) is 2.62. The third-order valence-corrected chi connectivity index (χ3v) is 3.50. The van der Waals surface area contributed by atoms with Gasteiger partial charge < -0.3 is 9.88 Å². The maximum atomic E-state index is 5.91. The molecule has 0 saturated heterocycles. The van der Waals surface area contributed by atoms with Crippen molar-refractivity contribution in [2.45, 2.75) is 6.54 Å². The van der Waals surface area contributed by atoms with Gasteiger partial charge in [-0.1, -0.05) is 0 Å². The molecule has 1 N–H and O–H groups in total. The van der Waals surface area contributed by atoms with E-state index < -0.39 is 0 Å². The van der Waals surface area contributed by atoms with E-state index in [1.54, 1.807) is 17.7 Å². The summed E-state index contributed by atoms with van der Waals surface area (Å²) in [6, 6.07) is 2.09. The Bertz CT molecular complexity index is 663. The normalized spacial score (nSPS) is 11.0. The number of nitrogens with zero attached hydrogens (tertiary/aromatic N) is 4. The SMILES string of the molecule is CN(Cc1ccsc1)c1nc(Cl)nc2nc[nH]c12. The van der Waals surface area contributed by atoms with Gasteiger partial charge in [0.1, 0.15) is 5.52 Å². The van der Waals surface area contributed by atoms with Gasteiger partial charge in [0.25, 0.3) is 0 Å². The Balaban J connectivity index is 2.00. The van der Waals surface area contributed by atoms with Crippen LogP contribution in [0.15, 0.2) is 23.2 Å². The Morgan fingerprint density at radius 2 is 2.33 bits per heavy atom. The average molecular weight is 280 g/mol. The maximum Gasteiger partial charge on any atom is 0.226 e. The average Bonchev–Trinajstić information content (AvgIpc) is 2.97. The molecule has 0 radical (unpaired) electrons. The molecule has 0 aliphatic heterocycles. The monoisotopic (exact) mass is 279 g/mol. The second kappa shape index (κ2) is 4.55. The van der Waals surface area contributed by atoms with Crippen LogP contribution in [0.2, 0.25) is 5.28 Å². The van der Waals surface area contributed by atoms with Crippen molar-refractivity contribution in [3.8, 4) is 0 Å². The first-order chi connectivity index (χ1) is 8.74. The Kier molecular flexibility index (Phi) is 2.89. The number of aromatic amines is 1. The molecule has 0 aromatic carbocycles. The number of halogens is 1. The zero-order valence-corrected chi connectivity index (χ0v) is 11.2. The van der Waals surface area contributed by atoms with E-state index in [-0.39, 0.29) is 5.28 Å². The van der Waals surface area contributed by atoms with Crippen LogP contribution < -0.4 is 4.90 Å². The quantitative estimate of drug-likeness (QED) is 0.749. The van der Waals surface area contributed by atoms with Gasteiger partial charge in [0.2, 0.25) is 5.28 Å². The van der Waals surface area contributed by atoms with Gasteiger partial charge in [0.05, 0.1) is 6.33 Å². The minimum atomic E-state index is 0.210. The van der Waals surface area contributed by atoms with E-state index >= 15 is 0 Å². The van der Waals surface area contributed by atoms with Gasteiger partial charge in [0.15, 0.2) is 11.5 Å². The zero-order chi connectivity index (χ0) is 12.5. The van der Waals surface area contributed by atoms with Crippen LogP contribution in [0, 0.1) is 0 Å². The molecular weight excluding hydrogens is 270 g/mol. The first-order valence-corrected chi connectivity index (χ1v) is 6.65. The molecule has 0 aliphatic carbocycles. The van der Waals surface area contributed by atoms with E-state index in [1.165, 1.54) is 5.56 Å². The topological polar surface area (TPSA) is 57.7 Å². The lowest BCUT2D eigenvalue weighted by Gasteiger charge is -2.17. The van der Waals surface area contributed by atoms with Gasteiger partial charge >= 0.3 is 0 Å². The fourth-order valence-electron chi connectivity index (χ4n) is 1.80. The summed E-state index contributed by atoms with van der Waals surface area (Å²) in [7, 11) is 1.97. The molecule has 0 amide bonds. The number of hydrogen-bond donors (Lipinski definition) is 1. The summed E-state index contributed by atoms with van der Waals surface area (Å²) in [5, 5.41) is 4.38. The van der Waals surface area contributed by atoms with Crippen molar-refractivity contribution >= 4 is 39.9 Å². The number of thiophene rings is 1. The summed E-state index contributed by atoms with van der Waals surface area (Å²) in [4.78, 5) is 17.5. The molecular formula is C11H10ClN5S. The molecule has 0 atom stereocenters. The summed E-state index contributed by atoms with van der Waals surface area (Å²) in [6.07, 6.45) is 1.59. The van der Waals surface area contributed by atoms with Crippen molar-refractivity contribution in [2.75, 3.05) is 11.9 Å². The molecule has 3 aromatic heterocycles. The number of anilines is 1. The summed E-state index contributed by atoms with van der Waals surface area (Å²) in [5.41, 5.74) is 2.63. The highest BCUT2D eigenvalue weighted by Gasteiger charge is 2.13. The van der Waals surface area contributed by atoms with E-state index in [2.05, 4.69) is 36.8 Å². The highest BCUT2D eigenvalue weighted by molar-refractivity contribution is 7.07. The number of nitrogens with one attached hydrogen (secondary N) is 1. The molecule has 0 saturated carbocycles. The van der Waals surface area contributed by atoms with Gasteiger partial charge in [-0.25, -0.2) is 4.98 Å². The highest BCUT2D eigenvalue weighted by atomic mass is 35.5. The largest absolute Gasteiger partial charge is 0.353 e. The van der Waals surface area contributed by atoms with Crippen molar-refractivity contribution in [2.24, 2.45) is 0 Å². The van der Waals surface area contributed by atoms with Gasteiger partial charge in [0, 0.05) is 13.6 Å². The first-order valence-electron chi connectivity index (χ1n) is 5.33. The third-order valence-electron chi connectivity index (χ3n) is 2.60. The zero-order valence-electron chi connectivity index (χ0n) is 9.59. The minimum absolute atomic E-state index is 0.210. The number of rotatable bonds is 3. The van der Waals surface area contributed by atoms with Crippen LogP contribution in [-0.4, -0.2) is 27.0 Å². The molecule has 0 aliphatic rings. The number of fused-ring (bicyclic) bond motifs is 1. The van der Waals surface area contributed by atoms with Gasteiger partial charge in [-0.3, -0.25) is 0 Å². The molecule has 3 heterocycles. The van der Waals surface area contributed by atoms with Gasteiger partial charge in [-0.2, -0.15) is 21.3 Å².